The van der Waals surface area contributed by atoms with Crippen LogP contribution >= 0.6 is 11.6 Å². The molecule has 1 aromatic heterocycles. The highest BCUT2D eigenvalue weighted by Crippen LogP contribution is 2.41. The summed E-state index contributed by atoms with van der Waals surface area (Å²) >= 11 is 6.16. The summed E-state index contributed by atoms with van der Waals surface area (Å²) in [5.74, 6) is 0. The molecule has 2 amide bonds. The van der Waals surface area contributed by atoms with E-state index in [9.17, 15) is 4.79 Å². The van der Waals surface area contributed by atoms with Crippen molar-refractivity contribution in [3.63, 3.8) is 0 Å². The molecule has 0 aliphatic carbocycles. The highest BCUT2D eigenvalue weighted by atomic mass is 35.5. The van der Waals surface area contributed by atoms with Crippen molar-refractivity contribution in [1.82, 2.24) is 14.7 Å². The zero-order chi connectivity index (χ0) is 16.7. The number of aromatic nitrogens is 2. The quantitative estimate of drug-likeness (QED) is 0.885. The van der Waals surface area contributed by atoms with Gasteiger partial charge in [-0.1, -0.05) is 23.7 Å². The summed E-state index contributed by atoms with van der Waals surface area (Å²) in [5.41, 5.74) is 1.86. The van der Waals surface area contributed by atoms with Crippen molar-refractivity contribution in [2.75, 3.05) is 5.32 Å². The molecule has 2 unspecified atom stereocenters. The molecular formula is C18H21ClN4O. The molecule has 126 valence electrons. The number of hydrogen-bond acceptors (Lipinski definition) is 2. The number of carbonyl (C=O) groups excluding carboxylic acids is 1. The number of aryl methyl sites for hydroxylation is 1. The smallest absolute Gasteiger partial charge is 0.318 e. The van der Waals surface area contributed by atoms with E-state index in [0.717, 1.165) is 25.7 Å². The van der Waals surface area contributed by atoms with E-state index >= 15 is 0 Å². The maximum Gasteiger partial charge on any atom is 0.322 e. The third kappa shape index (κ3) is 2.77. The van der Waals surface area contributed by atoms with Crippen molar-refractivity contribution in [2.45, 2.75) is 50.7 Å². The molecule has 0 spiro atoms. The van der Waals surface area contributed by atoms with Crippen molar-refractivity contribution in [3.05, 3.63) is 47.2 Å². The zero-order valence-corrected chi connectivity index (χ0v) is 14.4. The summed E-state index contributed by atoms with van der Waals surface area (Å²) < 4.78 is 2.07. The van der Waals surface area contributed by atoms with Crippen molar-refractivity contribution >= 4 is 23.3 Å². The number of urea groups is 1. The molecule has 2 saturated heterocycles. The normalized spacial score (nSPS) is 25.8. The molecule has 0 radical (unpaired) electrons. The maximum absolute atomic E-state index is 12.8. The summed E-state index contributed by atoms with van der Waals surface area (Å²) in [6, 6.07) is 8.27. The minimum atomic E-state index is -0.0364. The Morgan fingerprint density at radius 1 is 1.21 bits per heavy atom. The van der Waals surface area contributed by atoms with Gasteiger partial charge in [0.2, 0.25) is 0 Å². The van der Waals surface area contributed by atoms with E-state index < -0.39 is 0 Å². The number of fused-ring (bicyclic) bond motifs is 2. The average Bonchev–Trinajstić information content (AvgIpc) is 3.11. The van der Waals surface area contributed by atoms with Gasteiger partial charge in [-0.3, -0.25) is 4.68 Å². The highest BCUT2D eigenvalue weighted by molar-refractivity contribution is 6.33. The van der Waals surface area contributed by atoms with Crippen LogP contribution in [0.4, 0.5) is 10.5 Å². The Hall–Kier alpha value is -2.01. The van der Waals surface area contributed by atoms with Gasteiger partial charge in [0, 0.05) is 18.3 Å². The summed E-state index contributed by atoms with van der Waals surface area (Å²) in [5, 5.41) is 8.01. The fraction of sp³-hybridized carbons (Fsp3) is 0.444. The first-order valence-electron chi connectivity index (χ1n) is 8.46. The van der Waals surface area contributed by atoms with Crippen LogP contribution in [-0.4, -0.2) is 32.8 Å². The van der Waals surface area contributed by atoms with Gasteiger partial charge in [-0.25, -0.2) is 4.79 Å². The number of rotatable bonds is 2. The topological polar surface area (TPSA) is 50.2 Å². The van der Waals surface area contributed by atoms with Gasteiger partial charge in [-0.05, 0) is 50.3 Å². The van der Waals surface area contributed by atoms with Crippen LogP contribution in [0.3, 0.4) is 0 Å². The monoisotopic (exact) mass is 344 g/mol. The Bertz CT molecular complexity index is 745. The average molecular weight is 345 g/mol. The van der Waals surface area contributed by atoms with Crippen LogP contribution in [0.15, 0.2) is 36.7 Å². The van der Waals surface area contributed by atoms with Gasteiger partial charge in [0.1, 0.15) is 0 Å². The van der Waals surface area contributed by atoms with Crippen LogP contribution in [0.25, 0.3) is 0 Å². The molecule has 1 aromatic carbocycles. The van der Waals surface area contributed by atoms with Gasteiger partial charge in [-0.15, -0.1) is 0 Å². The summed E-state index contributed by atoms with van der Waals surface area (Å²) in [4.78, 5) is 14.8. The number of benzene rings is 1. The molecule has 24 heavy (non-hydrogen) atoms. The molecule has 5 nitrogen and oxygen atoms in total. The van der Waals surface area contributed by atoms with Crippen LogP contribution in [0.5, 0.6) is 0 Å². The third-order valence-electron chi connectivity index (χ3n) is 5.16. The molecule has 2 aliphatic rings. The van der Waals surface area contributed by atoms with E-state index in [1.165, 1.54) is 5.56 Å². The van der Waals surface area contributed by atoms with Crippen LogP contribution in [-0.2, 0) is 0 Å². The molecule has 2 atom stereocenters. The fourth-order valence-electron chi connectivity index (χ4n) is 4.07. The Balaban J connectivity index is 1.48. The molecule has 2 bridgehead atoms. The first-order chi connectivity index (χ1) is 11.6. The molecule has 2 aromatic rings. The van der Waals surface area contributed by atoms with E-state index in [1.54, 1.807) is 6.07 Å². The molecule has 3 heterocycles. The third-order valence-corrected chi connectivity index (χ3v) is 5.49. The van der Waals surface area contributed by atoms with Crippen LogP contribution in [0.2, 0.25) is 5.02 Å². The first-order valence-corrected chi connectivity index (χ1v) is 8.84. The van der Waals surface area contributed by atoms with Gasteiger partial charge >= 0.3 is 6.03 Å². The van der Waals surface area contributed by atoms with Gasteiger partial charge in [0.05, 0.1) is 22.9 Å². The lowest BCUT2D eigenvalue weighted by Gasteiger charge is -2.39. The standard InChI is InChI=1S/C18H21ClN4O/c1-12-10-20-22(11-12)15-8-13-6-7-14(9-15)23(13)18(24)21-17-5-3-2-4-16(17)19/h2-5,10-11,13-15H,6-9H2,1H3,(H,21,24). The molecule has 0 saturated carbocycles. The number of nitrogens with one attached hydrogen (secondary N) is 1. The van der Waals surface area contributed by atoms with E-state index in [2.05, 4.69) is 28.2 Å². The molecule has 2 aliphatic heterocycles. The number of carbonyl (C=O) groups is 1. The van der Waals surface area contributed by atoms with Crippen molar-refractivity contribution in [3.8, 4) is 0 Å². The number of halogens is 1. The molecule has 6 heteroatoms. The Morgan fingerprint density at radius 3 is 2.54 bits per heavy atom. The van der Waals surface area contributed by atoms with Crippen molar-refractivity contribution in [2.24, 2.45) is 0 Å². The van der Waals surface area contributed by atoms with Gasteiger partial charge in [0.25, 0.3) is 0 Å². The predicted molar refractivity (Wildman–Crippen MR) is 94.4 cm³/mol. The SMILES string of the molecule is Cc1cnn(C2CC3CCC(C2)N3C(=O)Nc2ccccc2Cl)c1. The van der Waals surface area contributed by atoms with Crippen LogP contribution in [0, 0.1) is 6.92 Å². The number of hydrogen-bond donors (Lipinski definition) is 1. The number of piperidine rings is 1. The van der Waals surface area contributed by atoms with E-state index in [0.29, 0.717) is 16.8 Å². The summed E-state index contributed by atoms with van der Waals surface area (Å²) in [6.45, 7) is 2.06. The molecule has 2 fully saturated rings. The Labute approximate surface area is 146 Å². The number of anilines is 1. The van der Waals surface area contributed by atoms with Gasteiger partial charge in [-0.2, -0.15) is 5.10 Å². The second-order valence-corrected chi connectivity index (χ2v) is 7.23. The fourth-order valence-corrected chi connectivity index (χ4v) is 4.25. The molecule has 4 rings (SSSR count). The maximum atomic E-state index is 12.8. The van der Waals surface area contributed by atoms with Crippen molar-refractivity contribution in [1.29, 1.82) is 0 Å². The largest absolute Gasteiger partial charge is 0.322 e. The second kappa shape index (κ2) is 6.13. The van der Waals surface area contributed by atoms with Crippen molar-refractivity contribution < 1.29 is 4.79 Å². The lowest BCUT2D eigenvalue weighted by atomic mass is 9.98. The van der Waals surface area contributed by atoms with E-state index in [1.807, 2.05) is 29.3 Å². The predicted octanol–water partition coefficient (Wildman–Crippen LogP) is 4.24. The number of amides is 2. The molecular weight excluding hydrogens is 324 g/mol. The van der Waals surface area contributed by atoms with Crippen LogP contribution < -0.4 is 5.32 Å². The Kier molecular flexibility index (Phi) is 3.96. The summed E-state index contributed by atoms with van der Waals surface area (Å²) in [6.07, 6.45) is 8.07. The summed E-state index contributed by atoms with van der Waals surface area (Å²) in [7, 11) is 0. The number of para-hydroxylation sites is 1. The lowest BCUT2D eigenvalue weighted by molar-refractivity contribution is 0.129. The Morgan fingerprint density at radius 2 is 1.92 bits per heavy atom. The number of nitrogens with zero attached hydrogens (tertiary/aromatic N) is 3. The van der Waals surface area contributed by atoms with Gasteiger partial charge in [0.15, 0.2) is 0 Å². The minimum Gasteiger partial charge on any atom is -0.318 e. The van der Waals surface area contributed by atoms with Gasteiger partial charge < -0.3 is 10.2 Å². The minimum absolute atomic E-state index is 0.0364. The first kappa shape index (κ1) is 15.5. The zero-order valence-electron chi connectivity index (χ0n) is 13.7. The van der Waals surface area contributed by atoms with E-state index in [4.69, 9.17) is 11.6 Å². The lowest BCUT2D eigenvalue weighted by Crippen LogP contribution is -2.48. The second-order valence-electron chi connectivity index (χ2n) is 6.83. The highest BCUT2D eigenvalue weighted by Gasteiger charge is 2.44. The molecule has 1 N–H and O–H groups in total. The van der Waals surface area contributed by atoms with E-state index in [-0.39, 0.29) is 18.1 Å². The van der Waals surface area contributed by atoms with Crippen LogP contribution in [0.1, 0.15) is 37.3 Å².